The molecule has 2 aromatic rings. The summed E-state index contributed by atoms with van der Waals surface area (Å²) in [7, 11) is 0. The van der Waals surface area contributed by atoms with Crippen LogP contribution >= 0.6 is 0 Å². The molecule has 4 aliphatic carbocycles. The number of hydrogen-bond donors (Lipinski definition) is 0. The molecule has 2 aromatic carbocycles. The van der Waals surface area contributed by atoms with Crippen molar-refractivity contribution >= 4 is 13.8 Å². The van der Waals surface area contributed by atoms with Crippen LogP contribution in [0.1, 0.15) is 271 Å². The normalized spacial score (nSPS) is 24.3. The quantitative estimate of drug-likeness (QED) is 0.136. The van der Waals surface area contributed by atoms with E-state index in [1.165, 1.54) is 122 Å². The van der Waals surface area contributed by atoms with E-state index >= 15 is 0 Å². The highest BCUT2D eigenvalue weighted by molar-refractivity contribution is 6.86. The van der Waals surface area contributed by atoms with E-state index in [2.05, 4.69) is 135 Å². The zero-order valence-electron chi connectivity index (χ0n) is 42.5. The van der Waals surface area contributed by atoms with Gasteiger partial charge in [-0.05, 0) is 221 Å². The van der Waals surface area contributed by atoms with Crippen LogP contribution < -0.4 is 0 Å². The van der Waals surface area contributed by atoms with E-state index in [0.29, 0.717) is 47.1 Å². The molecule has 1 saturated heterocycles. The molecule has 7 rings (SSSR count). The number of fused-ring (bicyclic) bond motifs is 4. The van der Waals surface area contributed by atoms with E-state index in [9.17, 15) is 0 Å². The summed E-state index contributed by atoms with van der Waals surface area (Å²) >= 11 is 0. The molecule has 1 aliphatic heterocycles. The lowest BCUT2D eigenvalue weighted by atomic mass is 9.20. The minimum atomic E-state index is 0.148. The zero-order chi connectivity index (χ0) is 43.9. The maximum absolute atomic E-state index is 7.94. The van der Waals surface area contributed by atoms with E-state index in [-0.39, 0.29) is 21.7 Å². The van der Waals surface area contributed by atoms with Crippen LogP contribution in [0.25, 0.3) is 0 Å². The number of benzene rings is 2. The van der Waals surface area contributed by atoms with Crippen LogP contribution in [0, 0.1) is 0 Å². The van der Waals surface area contributed by atoms with Gasteiger partial charge in [-0.15, -0.1) is 0 Å². The fraction of sp³-hybridized carbons (Fsp3) is 0.789. The fourth-order valence-electron chi connectivity index (χ4n) is 18.1. The predicted octanol–water partition coefficient (Wildman–Crippen LogP) is 17.0. The van der Waals surface area contributed by atoms with E-state index in [4.69, 9.17) is 4.57 Å². The van der Waals surface area contributed by atoms with Gasteiger partial charge < -0.3 is 4.57 Å². The Balaban J connectivity index is 1.36. The first-order valence-corrected chi connectivity index (χ1v) is 26.8. The molecule has 1 fully saturated rings. The molecular weight excluding hydrogens is 722 g/mol. The van der Waals surface area contributed by atoms with Gasteiger partial charge in [0, 0.05) is 0 Å². The SMILES string of the molecule is CCC1(CC)CC(CC)(CC)c2cc3c(cc21)C(CC)(CC)C(B1CB(C2C(CC)(CC)c4cc5c(cc4C2(CC)CC)C(CC)(CC)CC5(CC)CC)O1)C3(CC)CC. The highest BCUT2D eigenvalue weighted by Gasteiger charge is 2.70. The molecule has 5 aliphatic rings. The molecule has 0 saturated carbocycles. The molecule has 0 atom stereocenters. The first-order chi connectivity index (χ1) is 28.7. The zero-order valence-corrected chi connectivity index (χ0v) is 42.5. The van der Waals surface area contributed by atoms with Crippen molar-refractivity contribution in [2.45, 2.75) is 288 Å². The van der Waals surface area contributed by atoms with Crippen molar-refractivity contribution in [1.82, 2.24) is 0 Å². The summed E-state index contributed by atoms with van der Waals surface area (Å²) in [5, 5.41) is 0. The minimum Gasteiger partial charge on any atom is -0.499 e. The highest BCUT2D eigenvalue weighted by atomic mass is 16.4. The monoisotopic (exact) mass is 815 g/mol. The van der Waals surface area contributed by atoms with Gasteiger partial charge in [0.2, 0.25) is 0 Å². The van der Waals surface area contributed by atoms with Gasteiger partial charge in [-0.1, -0.05) is 135 Å². The number of hydrogen-bond acceptors (Lipinski definition) is 1. The van der Waals surface area contributed by atoms with Gasteiger partial charge in [0.1, 0.15) is 0 Å². The average Bonchev–Trinajstić information content (AvgIpc) is 3.91. The third-order valence-corrected chi connectivity index (χ3v) is 22.5. The van der Waals surface area contributed by atoms with Crippen molar-refractivity contribution in [3.05, 3.63) is 68.8 Å². The van der Waals surface area contributed by atoms with Crippen molar-refractivity contribution in [2.24, 2.45) is 0 Å². The van der Waals surface area contributed by atoms with Crippen molar-refractivity contribution in [3.8, 4) is 0 Å². The summed E-state index contributed by atoms with van der Waals surface area (Å²) in [6.07, 6.45) is 23.6. The van der Waals surface area contributed by atoms with Crippen molar-refractivity contribution in [1.29, 1.82) is 0 Å². The number of rotatable bonds is 18. The van der Waals surface area contributed by atoms with Crippen LogP contribution in [0.2, 0.25) is 17.9 Å². The Labute approximate surface area is 373 Å². The second-order valence-electron chi connectivity index (χ2n) is 22.0. The minimum absolute atomic E-state index is 0.148. The standard InChI is InChI=1S/C57H92B2O/c1-17-50(18-2)37-51(19-3,20-4)41-34-45-44(33-40(41)50)54(25-9,26-10)48(55(45,27-11)28-12)58-39-59(60-58)49-56(29-13,30-14)46-35-42-43(36-47(46)57(49,31-15)32-16)53(23-7,24-8)38-52(42,21-5)22-6/h33-36,48-49H,17-32,37-39H2,1-16H3. The van der Waals surface area contributed by atoms with Gasteiger partial charge in [0.05, 0.1) is 0 Å². The van der Waals surface area contributed by atoms with E-state index in [1.807, 2.05) is 0 Å². The third kappa shape index (κ3) is 5.47. The maximum Gasteiger partial charge on any atom is 0.276 e. The summed E-state index contributed by atoms with van der Waals surface area (Å²) in [6, 6.07) is 11.5. The van der Waals surface area contributed by atoms with E-state index < -0.39 is 0 Å². The van der Waals surface area contributed by atoms with Crippen LogP contribution in [0.15, 0.2) is 24.3 Å². The van der Waals surface area contributed by atoms with Crippen molar-refractivity contribution in [2.75, 3.05) is 0 Å². The second kappa shape index (κ2) is 16.2. The molecule has 60 heavy (non-hydrogen) atoms. The summed E-state index contributed by atoms with van der Waals surface area (Å²) in [6.45, 7) is 40.9. The average molecular weight is 815 g/mol. The Morgan fingerprint density at radius 2 is 0.517 bits per heavy atom. The molecule has 332 valence electrons. The van der Waals surface area contributed by atoms with Crippen LogP contribution in [-0.4, -0.2) is 13.8 Å². The van der Waals surface area contributed by atoms with Gasteiger partial charge in [0.25, 0.3) is 13.8 Å². The molecule has 1 heterocycles. The summed E-state index contributed by atoms with van der Waals surface area (Å²) in [4.78, 5) is 0. The summed E-state index contributed by atoms with van der Waals surface area (Å²) < 4.78 is 7.94. The summed E-state index contributed by atoms with van der Waals surface area (Å²) in [5.41, 5.74) is 15.7. The highest BCUT2D eigenvalue weighted by Crippen LogP contribution is 2.72. The Kier molecular flexibility index (Phi) is 12.6. The molecule has 0 radical (unpaired) electrons. The Morgan fingerprint density at radius 1 is 0.333 bits per heavy atom. The first kappa shape index (κ1) is 46.5. The Bertz CT molecular complexity index is 1590. The third-order valence-electron chi connectivity index (χ3n) is 22.5. The van der Waals surface area contributed by atoms with Crippen LogP contribution in [0.3, 0.4) is 0 Å². The molecule has 0 spiro atoms. The van der Waals surface area contributed by atoms with Crippen molar-refractivity contribution in [3.63, 3.8) is 0 Å². The molecule has 3 heteroatoms. The van der Waals surface area contributed by atoms with Gasteiger partial charge in [-0.25, -0.2) is 0 Å². The first-order valence-electron chi connectivity index (χ1n) is 26.8. The Hall–Kier alpha value is -1.47. The van der Waals surface area contributed by atoms with Crippen LogP contribution in [-0.2, 0) is 47.9 Å². The largest absolute Gasteiger partial charge is 0.499 e. The lowest BCUT2D eigenvalue weighted by Gasteiger charge is -2.55. The summed E-state index contributed by atoms with van der Waals surface area (Å²) in [5.74, 6) is 1.04. The molecule has 0 bridgehead atoms. The van der Waals surface area contributed by atoms with Crippen LogP contribution in [0.5, 0.6) is 0 Å². The maximum atomic E-state index is 7.94. The van der Waals surface area contributed by atoms with Crippen molar-refractivity contribution < 1.29 is 4.57 Å². The smallest absolute Gasteiger partial charge is 0.276 e. The van der Waals surface area contributed by atoms with E-state index in [1.54, 1.807) is 44.5 Å². The molecule has 1 nitrogen and oxygen atoms in total. The lowest BCUT2D eigenvalue weighted by molar-refractivity contribution is 0.237. The van der Waals surface area contributed by atoms with Crippen LogP contribution in [0.4, 0.5) is 0 Å². The molecule has 0 amide bonds. The van der Waals surface area contributed by atoms with Gasteiger partial charge in [-0.3, -0.25) is 0 Å². The molecule has 0 aromatic heterocycles. The predicted molar refractivity (Wildman–Crippen MR) is 265 cm³/mol. The topological polar surface area (TPSA) is 9.23 Å². The Morgan fingerprint density at radius 3 is 0.667 bits per heavy atom. The molecule has 0 N–H and O–H groups in total. The van der Waals surface area contributed by atoms with E-state index in [0.717, 1.165) is 0 Å². The lowest BCUT2D eigenvalue weighted by Crippen LogP contribution is -2.61. The second-order valence-corrected chi connectivity index (χ2v) is 22.0. The fourth-order valence-corrected chi connectivity index (χ4v) is 18.1. The van der Waals surface area contributed by atoms with Gasteiger partial charge in [-0.2, -0.15) is 0 Å². The molecule has 0 unspecified atom stereocenters. The molecular formula is C57H92B2O. The van der Waals surface area contributed by atoms with Gasteiger partial charge >= 0.3 is 0 Å². The van der Waals surface area contributed by atoms with Gasteiger partial charge in [0.15, 0.2) is 0 Å².